The van der Waals surface area contributed by atoms with Crippen LogP contribution in [0.25, 0.3) is 0 Å². The molecule has 0 N–H and O–H groups in total. The van der Waals surface area contributed by atoms with Crippen molar-refractivity contribution in [1.82, 2.24) is 0 Å². The fraction of sp³-hybridized carbons (Fsp3) is 0.500. The SMILES string of the molecule is [CH2]C(CCCC)c1cccs1. The minimum atomic E-state index is 0.523. The molecule has 1 aromatic heterocycles. The lowest BCUT2D eigenvalue weighted by Crippen LogP contribution is -1.89. The highest BCUT2D eigenvalue weighted by atomic mass is 32.1. The Hall–Kier alpha value is -0.300. The van der Waals surface area contributed by atoms with E-state index in [0.717, 1.165) is 0 Å². The van der Waals surface area contributed by atoms with Crippen LogP contribution in [0.2, 0.25) is 0 Å². The smallest absolute Gasteiger partial charge is 0.00761 e. The molecule has 1 atom stereocenters. The Morgan fingerprint density at radius 2 is 2.45 bits per heavy atom. The fourth-order valence-electron chi connectivity index (χ4n) is 1.12. The molecule has 1 rings (SSSR count). The van der Waals surface area contributed by atoms with Gasteiger partial charge in [-0.1, -0.05) is 25.8 Å². The third-order valence-electron chi connectivity index (χ3n) is 1.85. The summed E-state index contributed by atoms with van der Waals surface area (Å²) in [6.07, 6.45) is 3.81. The summed E-state index contributed by atoms with van der Waals surface area (Å²) < 4.78 is 0. The quantitative estimate of drug-likeness (QED) is 0.639. The predicted octanol–water partition coefficient (Wildman–Crippen LogP) is 3.86. The molecule has 0 saturated carbocycles. The fourth-order valence-corrected chi connectivity index (χ4v) is 1.90. The molecule has 0 nitrogen and oxygen atoms in total. The molecule has 0 aliphatic carbocycles. The van der Waals surface area contributed by atoms with E-state index in [4.69, 9.17) is 0 Å². The Balaban J connectivity index is 2.36. The average Bonchev–Trinajstić information content (AvgIpc) is 2.52. The van der Waals surface area contributed by atoms with Crippen LogP contribution in [0.4, 0.5) is 0 Å². The van der Waals surface area contributed by atoms with Gasteiger partial charge in [0.2, 0.25) is 0 Å². The summed E-state index contributed by atoms with van der Waals surface area (Å²) in [5, 5.41) is 2.12. The van der Waals surface area contributed by atoms with Gasteiger partial charge >= 0.3 is 0 Å². The summed E-state index contributed by atoms with van der Waals surface area (Å²) in [6.45, 7) is 6.35. The highest BCUT2D eigenvalue weighted by Crippen LogP contribution is 2.24. The van der Waals surface area contributed by atoms with E-state index in [1.54, 1.807) is 0 Å². The van der Waals surface area contributed by atoms with E-state index < -0.39 is 0 Å². The molecule has 0 spiro atoms. The Labute approximate surface area is 73.3 Å². The first-order chi connectivity index (χ1) is 5.34. The van der Waals surface area contributed by atoms with Crippen LogP contribution in [0.15, 0.2) is 17.5 Å². The van der Waals surface area contributed by atoms with Crippen LogP contribution in [0.5, 0.6) is 0 Å². The van der Waals surface area contributed by atoms with Crippen molar-refractivity contribution in [3.05, 3.63) is 29.3 Å². The van der Waals surface area contributed by atoms with Gasteiger partial charge in [0.25, 0.3) is 0 Å². The Bertz CT molecular complexity index is 177. The van der Waals surface area contributed by atoms with Crippen molar-refractivity contribution in [3.63, 3.8) is 0 Å². The first-order valence-electron chi connectivity index (χ1n) is 4.21. The van der Waals surface area contributed by atoms with Crippen molar-refractivity contribution in [3.8, 4) is 0 Å². The molecule has 0 fully saturated rings. The van der Waals surface area contributed by atoms with Gasteiger partial charge < -0.3 is 0 Å². The number of unbranched alkanes of at least 4 members (excludes halogenated alkanes) is 1. The molecule has 1 aromatic rings. The van der Waals surface area contributed by atoms with Gasteiger partial charge in [-0.05, 0) is 30.7 Å². The molecular formula is C10H15S. The van der Waals surface area contributed by atoms with Crippen LogP contribution in [-0.4, -0.2) is 0 Å². The first kappa shape index (κ1) is 8.79. The maximum Gasteiger partial charge on any atom is 0.00761 e. The Morgan fingerprint density at radius 3 is 3.00 bits per heavy atom. The highest BCUT2D eigenvalue weighted by molar-refractivity contribution is 7.10. The maximum absolute atomic E-state index is 4.13. The molecule has 0 aromatic carbocycles. The standard InChI is InChI=1S/C10H15S/c1-3-4-6-9(2)10-7-5-8-11-10/h5,7-9H,2-4,6H2,1H3. The van der Waals surface area contributed by atoms with Crippen LogP contribution in [0, 0.1) is 6.92 Å². The molecule has 0 aliphatic heterocycles. The molecule has 61 valence electrons. The van der Waals surface area contributed by atoms with E-state index in [1.807, 2.05) is 11.3 Å². The Morgan fingerprint density at radius 1 is 1.64 bits per heavy atom. The van der Waals surface area contributed by atoms with Crippen LogP contribution in [-0.2, 0) is 0 Å². The summed E-state index contributed by atoms with van der Waals surface area (Å²) in [6, 6.07) is 4.28. The lowest BCUT2D eigenvalue weighted by molar-refractivity contribution is 0.668. The zero-order valence-electron chi connectivity index (χ0n) is 7.05. The monoisotopic (exact) mass is 167 g/mol. The molecule has 1 unspecified atom stereocenters. The van der Waals surface area contributed by atoms with Gasteiger partial charge in [-0.3, -0.25) is 0 Å². The third-order valence-corrected chi connectivity index (χ3v) is 2.89. The second-order valence-electron chi connectivity index (χ2n) is 2.85. The summed E-state index contributed by atoms with van der Waals surface area (Å²) in [4.78, 5) is 1.43. The zero-order chi connectivity index (χ0) is 8.10. The van der Waals surface area contributed by atoms with E-state index in [1.165, 1.54) is 24.1 Å². The lowest BCUT2D eigenvalue weighted by Gasteiger charge is -2.06. The summed E-state index contributed by atoms with van der Waals surface area (Å²) in [5.74, 6) is 0.523. The van der Waals surface area contributed by atoms with Gasteiger partial charge in [0.15, 0.2) is 0 Å². The van der Waals surface area contributed by atoms with E-state index in [2.05, 4.69) is 31.4 Å². The maximum atomic E-state index is 4.13. The molecule has 0 aliphatic rings. The normalized spacial score (nSPS) is 13.3. The second kappa shape index (κ2) is 4.55. The van der Waals surface area contributed by atoms with Crippen LogP contribution >= 0.6 is 11.3 Å². The number of thiophene rings is 1. The van der Waals surface area contributed by atoms with Gasteiger partial charge in [0.05, 0.1) is 0 Å². The van der Waals surface area contributed by atoms with Gasteiger partial charge in [0.1, 0.15) is 0 Å². The molecule has 0 saturated heterocycles. The molecular weight excluding hydrogens is 152 g/mol. The first-order valence-corrected chi connectivity index (χ1v) is 5.09. The molecule has 11 heavy (non-hydrogen) atoms. The molecule has 0 bridgehead atoms. The van der Waals surface area contributed by atoms with Crippen molar-refractivity contribution in [1.29, 1.82) is 0 Å². The van der Waals surface area contributed by atoms with Crippen LogP contribution in [0.1, 0.15) is 37.0 Å². The Kier molecular flexibility index (Phi) is 3.64. The van der Waals surface area contributed by atoms with Gasteiger partial charge in [-0.15, -0.1) is 11.3 Å². The topological polar surface area (TPSA) is 0 Å². The van der Waals surface area contributed by atoms with E-state index >= 15 is 0 Å². The highest BCUT2D eigenvalue weighted by Gasteiger charge is 2.04. The molecule has 1 heterocycles. The lowest BCUT2D eigenvalue weighted by atomic mass is 10.0. The van der Waals surface area contributed by atoms with Gasteiger partial charge in [-0.25, -0.2) is 0 Å². The second-order valence-corrected chi connectivity index (χ2v) is 3.83. The minimum absolute atomic E-state index is 0.523. The van der Waals surface area contributed by atoms with Crippen LogP contribution < -0.4 is 0 Å². The van der Waals surface area contributed by atoms with Crippen LogP contribution in [0.3, 0.4) is 0 Å². The number of rotatable bonds is 4. The minimum Gasteiger partial charge on any atom is -0.149 e. The molecule has 1 radical (unpaired) electrons. The number of hydrogen-bond donors (Lipinski definition) is 0. The largest absolute Gasteiger partial charge is 0.149 e. The summed E-state index contributed by atoms with van der Waals surface area (Å²) in [5.41, 5.74) is 0. The van der Waals surface area contributed by atoms with Crippen molar-refractivity contribution in [2.75, 3.05) is 0 Å². The van der Waals surface area contributed by atoms with E-state index in [9.17, 15) is 0 Å². The van der Waals surface area contributed by atoms with E-state index in [0.29, 0.717) is 5.92 Å². The van der Waals surface area contributed by atoms with Gasteiger partial charge in [0, 0.05) is 4.88 Å². The van der Waals surface area contributed by atoms with Crippen molar-refractivity contribution in [2.45, 2.75) is 32.1 Å². The molecule has 0 amide bonds. The van der Waals surface area contributed by atoms with Crippen molar-refractivity contribution >= 4 is 11.3 Å². The number of hydrogen-bond acceptors (Lipinski definition) is 1. The molecule has 1 heteroatoms. The summed E-state index contributed by atoms with van der Waals surface area (Å²) >= 11 is 1.82. The zero-order valence-corrected chi connectivity index (χ0v) is 7.86. The van der Waals surface area contributed by atoms with Crippen molar-refractivity contribution < 1.29 is 0 Å². The van der Waals surface area contributed by atoms with Crippen molar-refractivity contribution in [2.24, 2.45) is 0 Å². The third kappa shape index (κ3) is 2.66. The summed E-state index contributed by atoms with van der Waals surface area (Å²) in [7, 11) is 0. The predicted molar refractivity (Wildman–Crippen MR) is 51.9 cm³/mol. The average molecular weight is 167 g/mol. The van der Waals surface area contributed by atoms with Gasteiger partial charge in [-0.2, -0.15) is 0 Å². The van der Waals surface area contributed by atoms with E-state index in [-0.39, 0.29) is 0 Å².